The Morgan fingerprint density at radius 2 is 2.25 bits per heavy atom. The first-order valence-electron chi connectivity index (χ1n) is 10.1. The normalized spacial score (nSPS) is 22.0. The monoisotopic (exact) mass is 425 g/mol. The number of nitrogens with zero attached hydrogens (tertiary/aromatic N) is 1. The number of carboxylic acids is 1. The van der Waals surface area contributed by atoms with Gasteiger partial charge in [-0.3, -0.25) is 4.79 Å². The van der Waals surface area contributed by atoms with Gasteiger partial charge in [-0.1, -0.05) is 44.2 Å². The molecule has 1 aromatic heterocycles. The number of thiazole rings is 1. The molecule has 0 amide bonds. The van der Waals surface area contributed by atoms with Gasteiger partial charge in [-0.15, -0.1) is 11.3 Å². The quantitative estimate of drug-likeness (QED) is 0.360. The molecule has 7 heteroatoms. The molecule has 0 radical (unpaired) electrons. The van der Waals surface area contributed by atoms with Gasteiger partial charge in [0.15, 0.2) is 10.0 Å². The summed E-state index contributed by atoms with van der Waals surface area (Å²) in [7, 11) is 0. The molecule has 5 nitrogen and oxygen atoms in total. The Labute approximate surface area is 175 Å². The van der Waals surface area contributed by atoms with Crippen LogP contribution in [0.5, 0.6) is 0 Å². The highest BCUT2D eigenvalue weighted by Gasteiger charge is 2.32. The van der Waals surface area contributed by atoms with Crippen molar-refractivity contribution in [2.75, 3.05) is 5.75 Å². The number of allylic oxidation sites excluding steroid dienone is 1. The third kappa shape index (κ3) is 7.33. The Kier molecular flexibility index (Phi) is 9.68. The summed E-state index contributed by atoms with van der Waals surface area (Å²) >= 11 is 2.85. The molecule has 0 saturated heterocycles. The lowest BCUT2D eigenvalue weighted by Crippen LogP contribution is -2.14. The average molecular weight is 426 g/mol. The maximum Gasteiger partial charge on any atom is 0.355 e. The molecule has 0 aliphatic heterocycles. The van der Waals surface area contributed by atoms with E-state index < -0.39 is 5.97 Å². The van der Waals surface area contributed by atoms with Gasteiger partial charge in [-0.25, -0.2) is 9.78 Å². The number of hydrogen-bond donors (Lipinski definition) is 2. The van der Waals surface area contributed by atoms with E-state index in [0.717, 1.165) is 42.2 Å². The Morgan fingerprint density at radius 1 is 1.46 bits per heavy atom. The minimum atomic E-state index is -1.01. The molecular weight excluding hydrogens is 394 g/mol. The number of aliphatic hydroxyl groups excluding tert-OH is 1. The second kappa shape index (κ2) is 11.7. The summed E-state index contributed by atoms with van der Waals surface area (Å²) in [4.78, 5) is 27.2. The molecule has 156 valence electrons. The number of Topliss-reactive ketones (excluding diaryl/α,β-unsaturated/α-hetero) is 1. The number of aliphatic hydroxyl groups is 1. The van der Waals surface area contributed by atoms with Crippen LogP contribution in [0.4, 0.5) is 0 Å². The molecule has 1 fully saturated rings. The molecule has 0 aromatic carbocycles. The zero-order valence-corrected chi connectivity index (χ0v) is 18.3. The van der Waals surface area contributed by atoms with Crippen LogP contribution in [0.25, 0.3) is 0 Å². The second-order valence-corrected chi connectivity index (χ2v) is 9.82. The molecule has 28 heavy (non-hydrogen) atoms. The topological polar surface area (TPSA) is 87.5 Å². The number of aromatic nitrogens is 1. The van der Waals surface area contributed by atoms with Crippen molar-refractivity contribution in [1.82, 2.24) is 4.98 Å². The van der Waals surface area contributed by atoms with E-state index in [1.54, 1.807) is 5.38 Å². The Morgan fingerprint density at radius 3 is 2.93 bits per heavy atom. The van der Waals surface area contributed by atoms with Crippen LogP contribution < -0.4 is 0 Å². The molecule has 1 heterocycles. The molecule has 0 unspecified atom stereocenters. The van der Waals surface area contributed by atoms with Crippen LogP contribution in [0, 0.1) is 17.8 Å². The smallest absolute Gasteiger partial charge is 0.355 e. The van der Waals surface area contributed by atoms with E-state index in [0.29, 0.717) is 24.5 Å². The number of thioether (sulfide) groups is 1. The molecule has 4 atom stereocenters. The predicted molar refractivity (Wildman–Crippen MR) is 114 cm³/mol. The minimum Gasteiger partial charge on any atom is -0.476 e. The summed E-state index contributed by atoms with van der Waals surface area (Å²) in [6, 6.07) is 0. The van der Waals surface area contributed by atoms with Crippen molar-refractivity contribution in [1.29, 1.82) is 0 Å². The van der Waals surface area contributed by atoms with Crippen molar-refractivity contribution in [3.05, 3.63) is 23.2 Å². The van der Waals surface area contributed by atoms with Gasteiger partial charge in [-0.2, -0.15) is 0 Å². The van der Waals surface area contributed by atoms with Gasteiger partial charge < -0.3 is 10.2 Å². The first kappa shape index (κ1) is 23.1. The van der Waals surface area contributed by atoms with E-state index in [1.165, 1.54) is 23.1 Å². The number of carboxylic acid groups (broad SMARTS) is 1. The zero-order valence-electron chi connectivity index (χ0n) is 16.7. The van der Waals surface area contributed by atoms with Crippen LogP contribution in [0.1, 0.15) is 69.3 Å². The SMILES string of the molecule is CC[C@H](C)CC[C@H](O)C/C=C/[C@H]1CCC(=O)[C@@H]1CCSc1nc(C(=O)O)cs1. The highest BCUT2D eigenvalue weighted by Crippen LogP contribution is 2.35. The molecule has 1 saturated carbocycles. The number of carbonyl (C=O) groups is 2. The number of aromatic carboxylic acids is 1. The van der Waals surface area contributed by atoms with Gasteiger partial charge in [0.25, 0.3) is 0 Å². The maximum atomic E-state index is 12.2. The van der Waals surface area contributed by atoms with Crippen molar-refractivity contribution >= 4 is 34.9 Å². The Balaban J connectivity index is 1.76. The van der Waals surface area contributed by atoms with Gasteiger partial charge in [0.05, 0.1) is 6.10 Å². The number of rotatable bonds is 12. The Hall–Kier alpha value is -1.18. The van der Waals surface area contributed by atoms with Gasteiger partial charge >= 0.3 is 5.97 Å². The van der Waals surface area contributed by atoms with E-state index in [-0.39, 0.29) is 23.6 Å². The zero-order chi connectivity index (χ0) is 20.5. The summed E-state index contributed by atoms with van der Waals surface area (Å²) in [6.07, 6.45) is 9.83. The fraction of sp³-hybridized carbons (Fsp3) is 0.667. The molecule has 2 rings (SSSR count). The van der Waals surface area contributed by atoms with Crippen molar-refractivity contribution in [3.63, 3.8) is 0 Å². The van der Waals surface area contributed by atoms with Crippen LogP contribution in [-0.2, 0) is 4.79 Å². The average Bonchev–Trinajstić information content (AvgIpc) is 3.28. The summed E-state index contributed by atoms with van der Waals surface area (Å²) in [5, 5.41) is 20.6. The first-order valence-corrected chi connectivity index (χ1v) is 12.0. The van der Waals surface area contributed by atoms with Crippen LogP contribution in [0.3, 0.4) is 0 Å². The summed E-state index contributed by atoms with van der Waals surface area (Å²) in [6.45, 7) is 4.38. The predicted octanol–water partition coefficient (Wildman–Crippen LogP) is 5.05. The van der Waals surface area contributed by atoms with E-state index >= 15 is 0 Å². The summed E-state index contributed by atoms with van der Waals surface area (Å²) in [5.74, 6) is 0.992. The lowest BCUT2D eigenvalue weighted by atomic mass is 9.92. The third-order valence-electron chi connectivity index (χ3n) is 5.49. The standard InChI is InChI=1S/C21H31NO4S2/c1-3-14(2)7-9-16(23)6-4-5-15-8-10-19(24)17(15)11-12-27-21-22-18(13-28-21)20(25)26/h4-5,13-17,23H,3,6-12H2,1-2H3,(H,25,26)/b5-4+/t14-,15-,16+,17+/m0/s1. The largest absolute Gasteiger partial charge is 0.476 e. The minimum absolute atomic E-state index is 0.0277. The lowest BCUT2D eigenvalue weighted by Gasteiger charge is -2.15. The van der Waals surface area contributed by atoms with Gasteiger partial charge in [-0.05, 0) is 43.9 Å². The molecule has 1 aliphatic rings. The van der Waals surface area contributed by atoms with Crippen molar-refractivity contribution < 1.29 is 19.8 Å². The number of carbonyl (C=O) groups excluding carboxylic acids is 1. The molecule has 1 aromatic rings. The van der Waals surface area contributed by atoms with Gasteiger partial charge in [0.1, 0.15) is 5.78 Å². The fourth-order valence-corrected chi connectivity index (χ4v) is 5.34. The fourth-order valence-electron chi connectivity index (χ4n) is 3.44. The molecule has 0 bridgehead atoms. The van der Waals surface area contributed by atoms with Crippen LogP contribution in [-0.4, -0.2) is 38.8 Å². The highest BCUT2D eigenvalue weighted by atomic mass is 32.2. The maximum absolute atomic E-state index is 12.2. The van der Waals surface area contributed by atoms with Gasteiger partial charge in [0.2, 0.25) is 0 Å². The van der Waals surface area contributed by atoms with E-state index in [2.05, 4.69) is 24.9 Å². The number of ketones is 1. The van der Waals surface area contributed by atoms with E-state index in [9.17, 15) is 14.7 Å². The van der Waals surface area contributed by atoms with Crippen LogP contribution >= 0.6 is 23.1 Å². The van der Waals surface area contributed by atoms with Crippen LogP contribution in [0.2, 0.25) is 0 Å². The Bertz CT molecular complexity index is 673. The van der Waals surface area contributed by atoms with E-state index in [1.807, 2.05) is 6.08 Å². The molecule has 0 spiro atoms. The second-order valence-electron chi connectivity index (χ2n) is 7.62. The molecule has 2 N–H and O–H groups in total. The summed E-state index contributed by atoms with van der Waals surface area (Å²) < 4.78 is 0.736. The first-order chi connectivity index (χ1) is 13.4. The molecular formula is C21H31NO4S2. The van der Waals surface area contributed by atoms with Crippen LogP contribution in [0.15, 0.2) is 21.9 Å². The van der Waals surface area contributed by atoms with E-state index in [4.69, 9.17) is 5.11 Å². The van der Waals surface area contributed by atoms with Crippen molar-refractivity contribution in [3.8, 4) is 0 Å². The highest BCUT2D eigenvalue weighted by molar-refractivity contribution is 8.01. The lowest BCUT2D eigenvalue weighted by molar-refractivity contribution is -0.121. The summed E-state index contributed by atoms with van der Waals surface area (Å²) in [5.41, 5.74) is 0.0807. The van der Waals surface area contributed by atoms with Crippen molar-refractivity contribution in [2.45, 2.75) is 69.2 Å². The third-order valence-corrected chi connectivity index (χ3v) is 7.55. The van der Waals surface area contributed by atoms with Gasteiger partial charge in [0, 0.05) is 23.5 Å². The molecule has 1 aliphatic carbocycles. The van der Waals surface area contributed by atoms with Crippen molar-refractivity contribution in [2.24, 2.45) is 17.8 Å². The number of hydrogen-bond acceptors (Lipinski definition) is 6.